The summed E-state index contributed by atoms with van der Waals surface area (Å²) in [5.41, 5.74) is 3.80. The normalized spacial score (nSPS) is 14.4. The maximum absolute atomic E-state index is 14.3. The number of carbonyl (C=O) groups excluding carboxylic acids is 1. The second-order valence-corrected chi connectivity index (χ2v) is 9.09. The summed E-state index contributed by atoms with van der Waals surface area (Å²) in [7, 11) is 0. The number of fused-ring (bicyclic) bond motifs is 3. The van der Waals surface area contributed by atoms with E-state index in [9.17, 15) is 9.18 Å². The summed E-state index contributed by atoms with van der Waals surface area (Å²) in [6, 6.07) is 22.3. The molecule has 0 N–H and O–H groups in total. The molecule has 5 aromatic rings. The highest BCUT2D eigenvalue weighted by Crippen LogP contribution is 2.29. The fraction of sp³-hybridized carbons (Fsp3) is 0.214. The van der Waals surface area contributed by atoms with E-state index in [1.807, 2.05) is 40.8 Å². The number of hydrogen-bond acceptors (Lipinski definition) is 5. The number of halogens is 1. The first kappa shape index (κ1) is 22.2. The molecule has 1 amide bonds. The molecule has 8 heteroatoms. The van der Waals surface area contributed by atoms with Gasteiger partial charge < -0.3 is 9.80 Å². The van der Waals surface area contributed by atoms with Crippen LogP contribution >= 0.6 is 0 Å². The van der Waals surface area contributed by atoms with Gasteiger partial charge in [0.15, 0.2) is 11.5 Å². The summed E-state index contributed by atoms with van der Waals surface area (Å²) >= 11 is 0. The van der Waals surface area contributed by atoms with Crippen molar-refractivity contribution in [1.29, 1.82) is 0 Å². The van der Waals surface area contributed by atoms with Crippen molar-refractivity contribution in [3.63, 3.8) is 0 Å². The molecule has 0 unspecified atom stereocenters. The smallest absolute Gasteiger partial charge is 0.256 e. The van der Waals surface area contributed by atoms with E-state index in [4.69, 9.17) is 4.98 Å². The molecule has 1 aliphatic rings. The van der Waals surface area contributed by atoms with Crippen LogP contribution < -0.4 is 4.90 Å². The highest BCUT2D eigenvalue weighted by atomic mass is 19.1. The maximum atomic E-state index is 14.3. The number of hydrogen-bond donors (Lipinski definition) is 0. The van der Waals surface area contributed by atoms with Crippen LogP contribution in [0.1, 0.15) is 22.3 Å². The molecule has 0 bridgehead atoms. The van der Waals surface area contributed by atoms with Gasteiger partial charge in [-0.05, 0) is 43.7 Å². The Hall–Kier alpha value is -4.33. The lowest BCUT2D eigenvalue weighted by Crippen LogP contribution is -2.36. The molecule has 1 fully saturated rings. The van der Waals surface area contributed by atoms with Gasteiger partial charge in [-0.2, -0.15) is 0 Å². The second-order valence-electron chi connectivity index (χ2n) is 9.09. The molecule has 0 atom stereocenters. The fourth-order valence-corrected chi connectivity index (χ4v) is 4.87. The van der Waals surface area contributed by atoms with Crippen LogP contribution in [0.25, 0.3) is 27.9 Å². The number of amides is 1. The van der Waals surface area contributed by atoms with Crippen LogP contribution in [0, 0.1) is 12.7 Å². The van der Waals surface area contributed by atoms with E-state index in [1.165, 1.54) is 6.07 Å². The molecule has 6 rings (SSSR count). The minimum Gasteiger partial charge on any atom is -0.340 e. The highest BCUT2D eigenvalue weighted by Gasteiger charge is 2.26. The van der Waals surface area contributed by atoms with Gasteiger partial charge in [0, 0.05) is 37.1 Å². The Labute approximate surface area is 207 Å². The summed E-state index contributed by atoms with van der Waals surface area (Å²) in [4.78, 5) is 22.0. The van der Waals surface area contributed by atoms with E-state index >= 15 is 0 Å². The summed E-state index contributed by atoms with van der Waals surface area (Å²) in [6.45, 7) is 4.33. The minimum atomic E-state index is -0.492. The molecule has 0 spiro atoms. The SMILES string of the molecule is Cc1cccc(-c2nnc3c4ccccc4nc(N4CCCN(C(=O)c5ccccc5F)CC4)n23)c1. The van der Waals surface area contributed by atoms with Crippen molar-refractivity contribution < 1.29 is 9.18 Å². The standard InChI is InChI=1S/C28H25FN6O/c1-19-8-6-9-20(18-19)25-31-32-26-22-11-3-5-13-24(22)30-28(35(25)26)34-15-7-14-33(16-17-34)27(36)21-10-2-4-12-23(21)29/h2-6,8-13,18H,7,14-17H2,1H3. The number of aromatic nitrogens is 4. The Kier molecular flexibility index (Phi) is 5.56. The Bertz CT molecular complexity index is 1600. The molecule has 180 valence electrons. The van der Waals surface area contributed by atoms with Crippen LogP contribution in [0.15, 0.2) is 72.8 Å². The average Bonchev–Trinajstić information content (AvgIpc) is 3.20. The van der Waals surface area contributed by atoms with Crippen molar-refractivity contribution in [2.24, 2.45) is 0 Å². The largest absolute Gasteiger partial charge is 0.340 e. The topological polar surface area (TPSA) is 66.6 Å². The van der Waals surface area contributed by atoms with E-state index in [0.29, 0.717) is 26.2 Å². The van der Waals surface area contributed by atoms with Crippen molar-refractivity contribution >= 4 is 28.4 Å². The lowest BCUT2D eigenvalue weighted by Gasteiger charge is -2.24. The quantitative estimate of drug-likeness (QED) is 0.373. The third-order valence-corrected chi connectivity index (χ3v) is 6.67. The van der Waals surface area contributed by atoms with Crippen molar-refractivity contribution in [2.75, 3.05) is 31.1 Å². The molecule has 0 saturated carbocycles. The average molecular weight is 481 g/mol. The van der Waals surface area contributed by atoms with E-state index in [2.05, 4.69) is 34.2 Å². The number of rotatable bonds is 3. The van der Waals surface area contributed by atoms with Gasteiger partial charge in [0.25, 0.3) is 5.91 Å². The zero-order valence-corrected chi connectivity index (χ0v) is 19.9. The van der Waals surface area contributed by atoms with E-state index in [-0.39, 0.29) is 11.5 Å². The molecular weight excluding hydrogens is 455 g/mol. The van der Waals surface area contributed by atoms with Crippen LogP contribution in [0.2, 0.25) is 0 Å². The number of benzene rings is 3. The first-order chi connectivity index (χ1) is 17.6. The number of carbonyl (C=O) groups is 1. The number of para-hydroxylation sites is 1. The van der Waals surface area contributed by atoms with Gasteiger partial charge in [-0.1, -0.05) is 48.0 Å². The molecule has 2 aromatic heterocycles. The van der Waals surface area contributed by atoms with Gasteiger partial charge in [-0.3, -0.25) is 4.79 Å². The molecular formula is C28H25FN6O. The van der Waals surface area contributed by atoms with Crippen LogP contribution in [-0.2, 0) is 0 Å². The van der Waals surface area contributed by atoms with Crippen molar-refractivity contribution in [2.45, 2.75) is 13.3 Å². The van der Waals surface area contributed by atoms with Gasteiger partial charge >= 0.3 is 0 Å². The van der Waals surface area contributed by atoms with Crippen LogP contribution in [-0.4, -0.2) is 56.6 Å². The van der Waals surface area contributed by atoms with Crippen molar-refractivity contribution in [1.82, 2.24) is 24.5 Å². The van der Waals surface area contributed by atoms with E-state index in [0.717, 1.165) is 45.9 Å². The molecule has 36 heavy (non-hydrogen) atoms. The molecule has 1 saturated heterocycles. The lowest BCUT2D eigenvalue weighted by molar-refractivity contribution is 0.0762. The monoisotopic (exact) mass is 480 g/mol. The van der Waals surface area contributed by atoms with E-state index < -0.39 is 5.82 Å². The van der Waals surface area contributed by atoms with Gasteiger partial charge in [-0.15, -0.1) is 10.2 Å². The second kappa shape index (κ2) is 9.03. The van der Waals surface area contributed by atoms with Crippen molar-refractivity contribution in [3.05, 3.63) is 89.7 Å². The predicted molar refractivity (Wildman–Crippen MR) is 138 cm³/mol. The Morgan fingerprint density at radius 3 is 2.58 bits per heavy atom. The van der Waals surface area contributed by atoms with Crippen LogP contribution in [0.3, 0.4) is 0 Å². The number of nitrogens with zero attached hydrogens (tertiary/aromatic N) is 6. The van der Waals surface area contributed by atoms with Gasteiger partial charge in [0.2, 0.25) is 5.95 Å². The maximum Gasteiger partial charge on any atom is 0.256 e. The van der Waals surface area contributed by atoms with Gasteiger partial charge in [-0.25, -0.2) is 13.8 Å². The van der Waals surface area contributed by atoms with E-state index in [1.54, 1.807) is 23.1 Å². The summed E-state index contributed by atoms with van der Waals surface area (Å²) in [5.74, 6) is 0.695. The Morgan fingerprint density at radius 1 is 0.889 bits per heavy atom. The van der Waals surface area contributed by atoms with Crippen LogP contribution in [0.5, 0.6) is 0 Å². The Balaban J connectivity index is 1.41. The third-order valence-electron chi connectivity index (χ3n) is 6.67. The number of anilines is 1. The molecule has 1 aliphatic heterocycles. The first-order valence-electron chi connectivity index (χ1n) is 12.1. The Morgan fingerprint density at radius 2 is 1.72 bits per heavy atom. The first-order valence-corrected chi connectivity index (χ1v) is 12.1. The summed E-state index contributed by atoms with van der Waals surface area (Å²) < 4.78 is 16.3. The molecule has 0 radical (unpaired) electrons. The molecule has 0 aliphatic carbocycles. The van der Waals surface area contributed by atoms with Crippen molar-refractivity contribution in [3.8, 4) is 11.4 Å². The lowest BCUT2D eigenvalue weighted by atomic mass is 10.1. The van der Waals surface area contributed by atoms with Crippen LogP contribution in [0.4, 0.5) is 10.3 Å². The molecule has 7 nitrogen and oxygen atoms in total. The third kappa shape index (κ3) is 3.84. The van der Waals surface area contributed by atoms with Gasteiger partial charge in [0.05, 0.1) is 11.1 Å². The predicted octanol–water partition coefficient (Wildman–Crippen LogP) is 4.74. The zero-order valence-electron chi connectivity index (χ0n) is 19.9. The van der Waals surface area contributed by atoms with Gasteiger partial charge in [0.1, 0.15) is 5.82 Å². The highest BCUT2D eigenvalue weighted by molar-refractivity contribution is 5.95. The fourth-order valence-electron chi connectivity index (χ4n) is 4.87. The summed E-state index contributed by atoms with van der Waals surface area (Å²) in [6.07, 6.45) is 0.734. The zero-order chi connectivity index (χ0) is 24.6. The number of aryl methyl sites for hydroxylation is 1. The minimum absolute atomic E-state index is 0.109. The molecule has 3 heterocycles. The molecule has 3 aromatic carbocycles. The summed E-state index contributed by atoms with van der Waals surface area (Å²) in [5, 5.41) is 10.1.